The van der Waals surface area contributed by atoms with Crippen LogP contribution in [0.1, 0.15) is 54.5 Å². The third-order valence-corrected chi connectivity index (χ3v) is 4.73. The zero-order valence-corrected chi connectivity index (χ0v) is 16.8. The topological polar surface area (TPSA) is 52.6 Å². The fourth-order valence-corrected chi connectivity index (χ4v) is 3.08. The number of hydrogen-bond acceptors (Lipinski definition) is 4. The Bertz CT molecular complexity index is 960. The van der Waals surface area contributed by atoms with Gasteiger partial charge in [-0.05, 0) is 48.2 Å². The van der Waals surface area contributed by atoms with E-state index in [9.17, 15) is 9.59 Å². The van der Waals surface area contributed by atoms with Crippen LogP contribution in [-0.2, 0) is 14.3 Å². The second-order valence-electron chi connectivity index (χ2n) is 6.91. The van der Waals surface area contributed by atoms with Crippen molar-refractivity contribution in [2.45, 2.75) is 33.0 Å². The Morgan fingerprint density at radius 1 is 0.655 bits per heavy atom. The van der Waals surface area contributed by atoms with Crippen LogP contribution < -0.4 is 0 Å². The fourth-order valence-electron chi connectivity index (χ4n) is 3.08. The van der Waals surface area contributed by atoms with Gasteiger partial charge in [-0.1, -0.05) is 66.7 Å². The molecule has 4 heteroatoms. The van der Waals surface area contributed by atoms with Crippen molar-refractivity contribution in [1.82, 2.24) is 0 Å². The Morgan fingerprint density at radius 3 is 1.69 bits per heavy atom. The molecule has 0 bridgehead atoms. The number of benzene rings is 3. The molecule has 0 aliphatic carbocycles. The van der Waals surface area contributed by atoms with Gasteiger partial charge in [0.05, 0.1) is 5.56 Å². The molecule has 4 nitrogen and oxygen atoms in total. The molecule has 0 aromatic heterocycles. The predicted molar refractivity (Wildman–Crippen MR) is 112 cm³/mol. The number of hydrogen-bond donors (Lipinski definition) is 0. The van der Waals surface area contributed by atoms with Crippen molar-refractivity contribution in [2.24, 2.45) is 0 Å². The van der Waals surface area contributed by atoms with Crippen LogP contribution in [0.25, 0.3) is 11.1 Å². The zero-order chi connectivity index (χ0) is 20.8. The molecular weight excluding hydrogens is 364 g/mol. The van der Waals surface area contributed by atoms with Crippen LogP contribution in [0.4, 0.5) is 0 Å². The van der Waals surface area contributed by atoms with E-state index in [0.717, 1.165) is 22.3 Å². The lowest BCUT2D eigenvalue weighted by Gasteiger charge is -2.14. The van der Waals surface area contributed by atoms with Gasteiger partial charge in [-0.2, -0.15) is 0 Å². The second-order valence-corrected chi connectivity index (χ2v) is 6.91. The van der Waals surface area contributed by atoms with E-state index in [2.05, 4.69) is 0 Å². The monoisotopic (exact) mass is 388 g/mol. The van der Waals surface area contributed by atoms with E-state index >= 15 is 0 Å². The number of carbonyl (C=O) groups excluding carboxylic acids is 2. The van der Waals surface area contributed by atoms with Gasteiger partial charge in [-0.15, -0.1) is 0 Å². The minimum absolute atomic E-state index is 0.287. The summed E-state index contributed by atoms with van der Waals surface area (Å²) < 4.78 is 10.8. The van der Waals surface area contributed by atoms with Crippen LogP contribution in [0.2, 0.25) is 0 Å². The van der Waals surface area contributed by atoms with Crippen LogP contribution in [0.5, 0.6) is 0 Å². The number of carbonyl (C=O) groups is 2. The van der Waals surface area contributed by atoms with Crippen molar-refractivity contribution in [1.29, 1.82) is 0 Å². The highest BCUT2D eigenvalue weighted by molar-refractivity contribution is 5.90. The minimum Gasteiger partial charge on any atom is -0.458 e. The van der Waals surface area contributed by atoms with E-state index in [1.807, 2.05) is 80.6 Å². The van der Waals surface area contributed by atoms with E-state index in [-0.39, 0.29) is 24.1 Å². The summed E-state index contributed by atoms with van der Waals surface area (Å²) in [5.41, 5.74) is 4.40. The summed E-state index contributed by atoms with van der Waals surface area (Å²) in [6, 6.07) is 24.8. The van der Waals surface area contributed by atoms with E-state index in [1.54, 1.807) is 12.1 Å². The lowest BCUT2D eigenvalue weighted by molar-refractivity contribution is -0.145. The molecule has 148 valence electrons. The minimum atomic E-state index is -0.349. The van der Waals surface area contributed by atoms with E-state index in [4.69, 9.17) is 9.47 Å². The molecule has 2 atom stereocenters. The molecule has 29 heavy (non-hydrogen) atoms. The smallest absolute Gasteiger partial charge is 0.338 e. The van der Waals surface area contributed by atoms with E-state index in [0.29, 0.717) is 5.56 Å². The van der Waals surface area contributed by atoms with Crippen molar-refractivity contribution in [3.63, 3.8) is 0 Å². The summed E-state index contributed by atoms with van der Waals surface area (Å²) in [5, 5.41) is 0. The molecule has 0 N–H and O–H groups in total. The molecule has 0 fully saturated rings. The molecule has 3 aromatic carbocycles. The van der Waals surface area contributed by atoms with Gasteiger partial charge >= 0.3 is 11.9 Å². The summed E-state index contributed by atoms with van der Waals surface area (Å²) in [5.74, 6) is -0.649. The van der Waals surface area contributed by atoms with Crippen LogP contribution >= 0.6 is 0 Å². The first-order valence-corrected chi connectivity index (χ1v) is 9.57. The van der Waals surface area contributed by atoms with Gasteiger partial charge in [0, 0.05) is 6.92 Å². The number of esters is 2. The normalized spacial score (nSPS) is 12.7. The Hall–Kier alpha value is -3.40. The molecule has 3 aromatic rings. The quantitative estimate of drug-likeness (QED) is 0.494. The number of ether oxygens (including phenoxy) is 2. The van der Waals surface area contributed by atoms with Gasteiger partial charge in [0.2, 0.25) is 0 Å². The van der Waals surface area contributed by atoms with Crippen molar-refractivity contribution in [3.8, 4) is 11.1 Å². The largest absolute Gasteiger partial charge is 0.458 e. The average molecular weight is 388 g/mol. The van der Waals surface area contributed by atoms with Crippen LogP contribution in [-0.4, -0.2) is 11.9 Å². The van der Waals surface area contributed by atoms with Crippen LogP contribution in [0.3, 0.4) is 0 Å². The van der Waals surface area contributed by atoms with Gasteiger partial charge in [0.15, 0.2) is 0 Å². The number of rotatable bonds is 6. The van der Waals surface area contributed by atoms with Crippen LogP contribution in [0.15, 0.2) is 78.9 Å². The highest BCUT2D eigenvalue weighted by Gasteiger charge is 2.14. The first kappa shape index (κ1) is 20.3. The lowest BCUT2D eigenvalue weighted by atomic mass is 10.0. The summed E-state index contributed by atoms with van der Waals surface area (Å²) in [4.78, 5) is 23.5. The third-order valence-electron chi connectivity index (χ3n) is 4.73. The Kier molecular flexibility index (Phi) is 6.45. The average Bonchev–Trinajstić information content (AvgIpc) is 2.74. The molecule has 0 amide bonds. The molecule has 0 aliphatic heterocycles. The maximum absolute atomic E-state index is 12.4. The maximum atomic E-state index is 12.4. The third kappa shape index (κ3) is 5.32. The highest BCUT2D eigenvalue weighted by atomic mass is 16.5. The van der Waals surface area contributed by atoms with Gasteiger partial charge in [-0.25, -0.2) is 4.79 Å². The summed E-state index contributed by atoms with van der Waals surface area (Å²) >= 11 is 0. The van der Waals surface area contributed by atoms with Crippen molar-refractivity contribution in [2.75, 3.05) is 0 Å². The van der Waals surface area contributed by atoms with Crippen LogP contribution in [0, 0.1) is 0 Å². The Morgan fingerprint density at radius 2 is 1.14 bits per heavy atom. The summed E-state index contributed by atoms with van der Waals surface area (Å²) in [7, 11) is 0. The van der Waals surface area contributed by atoms with Gasteiger partial charge in [0.25, 0.3) is 0 Å². The predicted octanol–water partition coefficient (Wildman–Crippen LogP) is 5.90. The molecule has 0 saturated carbocycles. The van der Waals surface area contributed by atoms with E-state index < -0.39 is 0 Å². The van der Waals surface area contributed by atoms with Gasteiger partial charge in [-0.3, -0.25) is 4.79 Å². The molecular formula is C25H24O4. The van der Waals surface area contributed by atoms with E-state index in [1.165, 1.54) is 6.92 Å². The van der Waals surface area contributed by atoms with Crippen molar-refractivity contribution >= 4 is 11.9 Å². The van der Waals surface area contributed by atoms with Gasteiger partial charge in [0.1, 0.15) is 12.2 Å². The summed E-state index contributed by atoms with van der Waals surface area (Å²) in [6.45, 7) is 5.10. The molecule has 0 heterocycles. The lowest BCUT2D eigenvalue weighted by Crippen LogP contribution is -2.09. The SMILES string of the molecule is CC(=O)OC(C)c1ccc(-c2ccc(C(=O)OC(C)c3ccccc3)cc2)cc1. The second kappa shape index (κ2) is 9.20. The fraction of sp³-hybridized carbons (Fsp3) is 0.200. The molecule has 0 aliphatic rings. The Balaban J connectivity index is 1.66. The Labute approximate surface area is 171 Å². The standard InChI is InChI=1S/C25H24O4/c1-17(28-19(3)26)21-9-11-22(12-10-21)23-13-15-24(16-14-23)25(27)29-18(2)20-7-5-4-6-8-20/h4-18H,1-3H3. The first-order valence-electron chi connectivity index (χ1n) is 9.57. The maximum Gasteiger partial charge on any atom is 0.338 e. The zero-order valence-electron chi connectivity index (χ0n) is 16.8. The summed E-state index contributed by atoms with van der Waals surface area (Å²) in [6.07, 6.45) is -0.597. The van der Waals surface area contributed by atoms with Crippen molar-refractivity contribution in [3.05, 3.63) is 95.6 Å². The molecule has 0 saturated heterocycles. The molecule has 2 unspecified atom stereocenters. The molecule has 0 spiro atoms. The first-order chi connectivity index (χ1) is 13.9. The van der Waals surface area contributed by atoms with Gasteiger partial charge < -0.3 is 9.47 Å². The highest BCUT2D eigenvalue weighted by Crippen LogP contribution is 2.25. The molecule has 0 radical (unpaired) electrons. The molecule has 3 rings (SSSR count). The van der Waals surface area contributed by atoms with Crippen molar-refractivity contribution < 1.29 is 19.1 Å².